The van der Waals surface area contributed by atoms with Crippen LogP contribution in [0.25, 0.3) is 0 Å². The van der Waals surface area contributed by atoms with Crippen LogP contribution < -0.4 is 5.32 Å². The summed E-state index contributed by atoms with van der Waals surface area (Å²) in [4.78, 5) is 28.3. The number of carbonyl (C=O) groups is 2. The van der Waals surface area contributed by atoms with Crippen LogP contribution in [0.2, 0.25) is 5.02 Å². The fraction of sp³-hybridized carbons (Fsp3) is 0.417. The van der Waals surface area contributed by atoms with Gasteiger partial charge in [0.1, 0.15) is 6.04 Å². The molecule has 1 fully saturated rings. The molecule has 2 amide bonds. The summed E-state index contributed by atoms with van der Waals surface area (Å²) in [5.74, 6) is -0.852. The summed E-state index contributed by atoms with van der Waals surface area (Å²) in [6.07, 6.45) is 2.79. The Morgan fingerprint density at radius 3 is 2.41 bits per heavy atom. The lowest BCUT2D eigenvalue weighted by atomic mass is 10.0. The molecule has 2 unspecified atom stereocenters. The number of hydrogen-bond acceptors (Lipinski definition) is 5. The second kappa shape index (κ2) is 11.8. The van der Waals surface area contributed by atoms with Crippen molar-refractivity contribution in [3.63, 3.8) is 0 Å². The molecule has 1 heterocycles. The first-order valence-electron chi connectivity index (χ1n) is 11.0. The Bertz CT molecular complexity index is 1070. The van der Waals surface area contributed by atoms with E-state index in [1.54, 1.807) is 48.5 Å². The van der Waals surface area contributed by atoms with E-state index in [0.717, 1.165) is 29.0 Å². The van der Waals surface area contributed by atoms with Gasteiger partial charge in [-0.25, -0.2) is 8.42 Å². The number of ether oxygens (including phenoxy) is 1. The van der Waals surface area contributed by atoms with Gasteiger partial charge in [0.2, 0.25) is 21.8 Å². The second-order valence-electron chi connectivity index (χ2n) is 8.36. The van der Waals surface area contributed by atoms with E-state index in [1.807, 2.05) is 6.07 Å². The van der Waals surface area contributed by atoms with E-state index >= 15 is 0 Å². The highest BCUT2D eigenvalue weighted by atomic mass is 35.5. The molecule has 1 aliphatic heterocycles. The van der Waals surface area contributed by atoms with E-state index in [9.17, 15) is 18.0 Å². The molecule has 0 aromatic heterocycles. The fourth-order valence-electron chi connectivity index (χ4n) is 3.73. The summed E-state index contributed by atoms with van der Waals surface area (Å²) in [7, 11) is -2.25. The summed E-state index contributed by atoms with van der Waals surface area (Å²) in [6, 6.07) is 15.0. The molecule has 0 saturated carbocycles. The molecule has 2 aromatic carbocycles. The summed E-state index contributed by atoms with van der Waals surface area (Å²) in [5.41, 5.74) is 1.38. The van der Waals surface area contributed by atoms with Gasteiger partial charge in [-0.05, 0) is 36.1 Å². The largest absolute Gasteiger partial charge is 0.376 e. The van der Waals surface area contributed by atoms with Gasteiger partial charge in [-0.15, -0.1) is 0 Å². The number of likely N-dealkylation sites (N-methyl/N-ethyl adjacent to an activating group) is 1. The van der Waals surface area contributed by atoms with Gasteiger partial charge in [0, 0.05) is 31.8 Å². The van der Waals surface area contributed by atoms with Crippen molar-refractivity contribution in [2.45, 2.75) is 31.5 Å². The van der Waals surface area contributed by atoms with E-state index in [0.29, 0.717) is 23.7 Å². The van der Waals surface area contributed by atoms with Gasteiger partial charge in [-0.2, -0.15) is 4.31 Å². The van der Waals surface area contributed by atoms with Gasteiger partial charge in [0.25, 0.3) is 0 Å². The van der Waals surface area contributed by atoms with E-state index in [4.69, 9.17) is 16.3 Å². The highest BCUT2D eigenvalue weighted by Gasteiger charge is 2.33. The zero-order valence-corrected chi connectivity index (χ0v) is 20.9. The fourth-order valence-corrected chi connectivity index (χ4v) is 4.20. The Balaban J connectivity index is 1.93. The molecule has 3 rings (SSSR count). The summed E-state index contributed by atoms with van der Waals surface area (Å²) in [5, 5.41) is 3.47. The van der Waals surface area contributed by atoms with Crippen molar-refractivity contribution < 1.29 is 22.7 Å². The quantitative estimate of drug-likeness (QED) is 0.533. The summed E-state index contributed by atoms with van der Waals surface area (Å²) >= 11 is 6.01. The lowest BCUT2D eigenvalue weighted by Gasteiger charge is -2.33. The van der Waals surface area contributed by atoms with Crippen molar-refractivity contribution in [1.29, 1.82) is 0 Å². The minimum atomic E-state index is -3.59. The number of sulfonamides is 1. The molecular weight excluding hydrogens is 478 g/mol. The first-order chi connectivity index (χ1) is 16.1. The van der Waals surface area contributed by atoms with Crippen LogP contribution in [0.3, 0.4) is 0 Å². The van der Waals surface area contributed by atoms with Crippen molar-refractivity contribution in [2.75, 3.05) is 33.0 Å². The topological polar surface area (TPSA) is 96.0 Å². The molecule has 1 aliphatic rings. The molecule has 184 valence electrons. The average molecular weight is 508 g/mol. The third kappa shape index (κ3) is 7.27. The van der Waals surface area contributed by atoms with Crippen LogP contribution in [-0.4, -0.2) is 68.5 Å². The number of amides is 2. The molecule has 10 heteroatoms. The van der Waals surface area contributed by atoms with Gasteiger partial charge in [-0.1, -0.05) is 54.1 Å². The molecule has 0 aliphatic carbocycles. The highest BCUT2D eigenvalue weighted by molar-refractivity contribution is 7.88. The Labute approximate surface area is 205 Å². The number of rotatable bonds is 10. The maximum atomic E-state index is 13.5. The van der Waals surface area contributed by atoms with E-state index < -0.39 is 28.5 Å². The molecule has 0 radical (unpaired) electrons. The Morgan fingerprint density at radius 1 is 1.15 bits per heavy atom. The lowest BCUT2D eigenvalue weighted by molar-refractivity contribution is -0.141. The van der Waals surface area contributed by atoms with Crippen LogP contribution in [0.4, 0.5) is 0 Å². The first-order valence-corrected chi connectivity index (χ1v) is 13.3. The molecule has 0 spiro atoms. The first kappa shape index (κ1) is 26.2. The van der Waals surface area contributed by atoms with E-state index in [1.165, 1.54) is 11.9 Å². The predicted octanol–water partition coefficient (Wildman–Crippen LogP) is 2.60. The summed E-state index contributed by atoms with van der Waals surface area (Å²) < 4.78 is 30.5. The number of nitrogens with zero attached hydrogens (tertiary/aromatic N) is 2. The number of halogens is 1. The summed E-state index contributed by atoms with van der Waals surface area (Å²) in [6.45, 7) is 0.714. The van der Waals surface area contributed by atoms with Crippen molar-refractivity contribution in [2.24, 2.45) is 0 Å². The molecule has 2 aromatic rings. The van der Waals surface area contributed by atoms with Crippen LogP contribution in [0.1, 0.15) is 30.0 Å². The van der Waals surface area contributed by atoms with Gasteiger partial charge >= 0.3 is 0 Å². The molecule has 0 bridgehead atoms. The highest BCUT2D eigenvalue weighted by Crippen LogP contribution is 2.25. The number of hydrogen-bond donors (Lipinski definition) is 1. The Kier molecular flexibility index (Phi) is 9.07. The number of carbonyl (C=O) groups excluding carboxylic acids is 2. The number of benzene rings is 2. The maximum Gasteiger partial charge on any atom is 0.247 e. The maximum absolute atomic E-state index is 13.5. The van der Waals surface area contributed by atoms with Gasteiger partial charge < -0.3 is 15.0 Å². The average Bonchev–Trinajstić information content (AvgIpc) is 3.32. The van der Waals surface area contributed by atoms with Crippen LogP contribution >= 0.6 is 11.6 Å². The zero-order valence-electron chi connectivity index (χ0n) is 19.3. The monoisotopic (exact) mass is 507 g/mol. The van der Waals surface area contributed by atoms with Crippen LogP contribution in [0.5, 0.6) is 0 Å². The van der Waals surface area contributed by atoms with Crippen molar-refractivity contribution in [1.82, 2.24) is 14.5 Å². The lowest BCUT2D eigenvalue weighted by Crippen LogP contribution is -2.48. The standard InChI is InChI=1S/C24H30ClN3O5S/c1-27(34(2,31)32)17-22(29)28(16-18-10-12-20(25)13-11-18)23(19-7-4-3-5-8-19)24(30)26-15-21-9-6-14-33-21/h3-5,7-8,10-13,21,23H,6,9,14-17H2,1-2H3,(H,26,30). The molecule has 8 nitrogen and oxygen atoms in total. The Morgan fingerprint density at radius 2 is 1.82 bits per heavy atom. The smallest absolute Gasteiger partial charge is 0.247 e. The predicted molar refractivity (Wildman–Crippen MR) is 131 cm³/mol. The molecular formula is C24H30ClN3O5S. The van der Waals surface area contributed by atoms with Crippen LogP contribution in [-0.2, 0) is 30.9 Å². The number of nitrogens with one attached hydrogen (secondary N) is 1. The normalized spacial score (nSPS) is 16.9. The van der Waals surface area contributed by atoms with Gasteiger partial charge in [0.05, 0.1) is 18.9 Å². The Hall–Kier alpha value is -2.46. The third-order valence-corrected chi connectivity index (χ3v) is 7.23. The minimum absolute atomic E-state index is 0.0582. The minimum Gasteiger partial charge on any atom is -0.376 e. The van der Waals surface area contributed by atoms with Crippen molar-refractivity contribution in [3.8, 4) is 0 Å². The van der Waals surface area contributed by atoms with Crippen LogP contribution in [0.15, 0.2) is 54.6 Å². The van der Waals surface area contributed by atoms with Crippen molar-refractivity contribution in [3.05, 3.63) is 70.7 Å². The van der Waals surface area contributed by atoms with E-state index in [2.05, 4.69) is 5.32 Å². The van der Waals surface area contributed by atoms with Crippen molar-refractivity contribution >= 4 is 33.4 Å². The van der Waals surface area contributed by atoms with Gasteiger partial charge in [0.15, 0.2) is 0 Å². The SMILES string of the molecule is CN(CC(=O)N(Cc1ccc(Cl)cc1)C(C(=O)NCC1CCCO1)c1ccccc1)S(C)(=O)=O. The molecule has 1 N–H and O–H groups in total. The third-order valence-electron chi connectivity index (χ3n) is 5.71. The molecule has 34 heavy (non-hydrogen) atoms. The second-order valence-corrected chi connectivity index (χ2v) is 10.9. The van der Waals surface area contributed by atoms with Crippen LogP contribution in [0, 0.1) is 0 Å². The zero-order chi connectivity index (χ0) is 24.7. The van der Waals surface area contributed by atoms with E-state index in [-0.39, 0.29) is 18.6 Å². The molecule has 2 atom stereocenters. The molecule has 1 saturated heterocycles. The van der Waals surface area contributed by atoms with Gasteiger partial charge in [-0.3, -0.25) is 9.59 Å².